The first-order chi connectivity index (χ1) is 26.4. The zero-order valence-corrected chi connectivity index (χ0v) is 31.5. The average molecular weight is 753 g/mol. The highest BCUT2D eigenvalue weighted by Gasteiger charge is 2.40. The number of nitrogens with one attached hydrogen (secondary N) is 4. The van der Waals surface area contributed by atoms with Gasteiger partial charge < -0.3 is 40.7 Å². The van der Waals surface area contributed by atoms with E-state index in [1.165, 1.54) is 0 Å². The van der Waals surface area contributed by atoms with Crippen molar-refractivity contribution in [1.29, 1.82) is 0 Å². The van der Waals surface area contributed by atoms with Crippen molar-refractivity contribution in [2.75, 3.05) is 13.2 Å². The Morgan fingerprint density at radius 1 is 0.800 bits per heavy atom. The molecule has 292 valence electrons. The van der Waals surface area contributed by atoms with Crippen molar-refractivity contribution in [2.45, 2.75) is 83.1 Å². The molecule has 0 bridgehead atoms. The molecule has 4 aromatic rings. The summed E-state index contributed by atoms with van der Waals surface area (Å²) in [6.07, 6.45) is -2.61. The summed E-state index contributed by atoms with van der Waals surface area (Å²) in [6, 6.07) is 29.0. The zero-order valence-electron chi connectivity index (χ0n) is 31.5. The van der Waals surface area contributed by atoms with Crippen molar-refractivity contribution in [2.24, 2.45) is 5.41 Å². The topological polar surface area (TPSA) is 178 Å². The molecule has 3 amide bonds. The Balaban J connectivity index is 1.40. The standard InChI is InChI=1S/C43H52N4O8/c1-43(2,3)39(47-42(53)55-27-30-14-8-5-9-15-30)41(52)45-34(24-28-12-6-4-7-13-28)38(50)37(44-26-29-18-20-32(21-19-29)54-23-22-48)40(51)46-36-33-17-11-10-16-31(33)25-35(36)49/h4-21,34-39,44,48-50H,22-27H2,1-3H3,(H,45,52)(H,46,51)(H,47,53)/t34-,35?,36?,37+,38+,39+/m0/s1. The lowest BCUT2D eigenvalue weighted by molar-refractivity contribution is -0.131. The van der Waals surface area contributed by atoms with Crippen molar-refractivity contribution in [3.05, 3.63) is 137 Å². The second-order valence-electron chi connectivity index (χ2n) is 14.8. The van der Waals surface area contributed by atoms with E-state index in [9.17, 15) is 24.6 Å². The maximum absolute atomic E-state index is 14.3. The van der Waals surface area contributed by atoms with Gasteiger partial charge in [-0.05, 0) is 51.8 Å². The van der Waals surface area contributed by atoms with Crippen molar-refractivity contribution in [1.82, 2.24) is 21.3 Å². The van der Waals surface area contributed by atoms with E-state index in [0.29, 0.717) is 12.2 Å². The number of ether oxygens (including phenoxy) is 2. The van der Waals surface area contributed by atoms with Crippen LogP contribution in [-0.2, 0) is 40.3 Å². The van der Waals surface area contributed by atoms with Gasteiger partial charge in [-0.1, -0.05) is 118 Å². The third-order valence-corrected chi connectivity index (χ3v) is 9.58. The van der Waals surface area contributed by atoms with Crippen LogP contribution in [0.2, 0.25) is 0 Å². The molecule has 0 spiro atoms. The predicted octanol–water partition coefficient (Wildman–Crippen LogP) is 3.72. The molecule has 55 heavy (non-hydrogen) atoms. The van der Waals surface area contributed by atoms with E-state index >= 15 is 0 Å². The molecule has 0 saturated carbocycles. The second-order valence-corrected chi connectivity index (χ2v) is 14.8. The van der Waals surface area contributed by atoms with Crippen molar-refractivity contribution >= 4 is 17.9 Å². The molecule has 7 N–H and O–H groups in total. The summed E-state index contributed by atoms with van der Waals surface area (Å²) < 4.78 is 10.9. The quantitative estimate of drug-likeness (QED) is 0.0847. The molecule has 0 aliphatic heterocycles. The Kier molecular flexibility index (Phi) is 14.4. The number of rotatable bonds is 17. The molecule has 0 fully saturated rings. The van der Waals surface area contributed by atoms with E-state index in [0.717, 1.165) is 27.8 Å². The van der Waals surface area contributed by atoms with Crippen LogP contribution in [0.1, 0.15) is 54.6 Å². The lowest BCUT2D eigenvalue weighted by Gasteiger charge is -2.35. The Hall–Kier alpha value is -5.27. The number of benzene rings is 4. The summed E-state index contributed by atoms with van der Waals surface area (Å²) in [5.74, 6) is -0.571. The minimum Gasteiger partial charge on any atom is -0.491 e. The predicted molar refractivity (Wildman–Crippen MR) is 208 cm³/mol. The van der Waals surface area contributed by atoms with Crippen LogP contribution in [0.4, 0.5) is 4.79 Å². The van der Waals surface area contributed by atoms with Crippen LogP contribution in [-0.4, -0.2) is 76.8 Å². The Morgan fingerprint density at radius 2 is 1.44 bits per heavy atom. The van der Waals surface area contributed by atoms with Gasteiger partial charge in [0.05, 0.1) is 30.9 Å². The summed E-state index contributed by atoms with van der Waals surface area (Å²) in [6.45, 7) is 5.62. The van der Waals surface area contributed by atoms with Gasteiger partial charge in [0, 0.05) is 13.0 Å². The third kappa shape index (κ3) is 11.6. The lowest BCUT2D eigenvalue weighted by Crippen LogP contribution is -2.62. The van der Waals surface area contributed by atoms with E-state index < -0.39 is 59.7 Å². The molecule has 4 aromatic carbocycles. The number of carbonyl (C=O) groups excluding carboxylic acids is 3. The van der Waals surface area contributed by atoms with Crippen LogP contribution >= 0.6 is 0 Å². The fourth-order valence-electron chi connectivity index (χ4n) is 6.64. The van der Waals surface area contributed by atoms with Gasteiger partial charge in [-0.15, -0.1) is 0 Å². The molecular formula is C43H52N4O8. The highest BCUT2D eigenvalue weighted by Crippen LogP contribution is 2.31. The monoisotopic (exact) mass is 752 g/mol. The van der Waals surface area contributed by atoms with Gasteiger partial charge in [0.15, 0.2) is 0 Å². The van der Waals surface area contributed by atoms with Crippen LogP contribution in [0.3, 0.4) is 0 Å². The molecular weight excluding hydrogens is 700 g/mol. The highest BCUT2D eigenvalue weighted by molar-refractivity contribution is 5.87. The third-order valence-electron chi connectivity index (χ3n) is 9.58. The molecule has 1 aliphatic carbocycles. The normalized spacial score (nSPS) is 17.2. The van der Waals surface area contributed by atoms with Gasteiger partial charge in [-0.25, -0.2) is 4.79 Å². The van der Waals surface area contributed by atoms with Crippen LogP contribution in [0, 0.1) is 5.41 Å². The maximum atomic E-state index is 14.3. The number of aliphatic hydroxyl groups excluding tert-OH is 3. The maximum Gasteiger partial charge on any atom is 0.408 e. The molecule has 1 aliphatic rings. The Morgan fingerprint density at radius 3 is 2.09 bits per heavy atom. The van der Waals surface area contributed by atoms with Crippen molar-refractivity contribution < 1.29 is 39.2 Å². The van der Waals surface area contributed by atoms with Crippen molar-refractivity contribution in [3.8, 4) is 5.75 Å². The van der Waals surface area contributed by atoms with Gasteiger partial charge in [0.1, 0.15) is 31.0 Å². The SMILES string of the molecule is CC(C)(C)[C@H](NC(=O)OCc1ccccc1)C(=O)N[C@@H](Cc1ccccc1)[C@@H](O)[C@@H](NCc1ccc(OCCO)cc1)C(=O)NC1c2ccccc2CC1O. The van der Waals surface area contributed by atoms with Crippen LogP contribution in [0.15, 0.2) is 109 Å². The van der Waals surface area contributed by atoms with E-state index in [-0.39, 0.29) is 32.8 Å². The number of fused-ring (bicyclic) bond motifs is 1. The van der Waals surface area contributed by atoms with Crippen molar-refractivity contribution in [3.63, 3.8) is 0 Å². The summed E-state index contributed by atoms with van der Waals surface area (Å²) in [4.78, 5) is 41.4. The first kappa shape index (κ1) is 40.9. The highest BCUT2D eigenvalue weighted by atomic mass is 16.5. The number of hydrogen-bond acceptors (Lipinski definition) is 9. The van der Waals surface area contributed by atoms with E-state index in [4.69, 9.17) is 14.6 Å². The van der Waals surface area contributed by atoms with Gasteiger partial charge in [0.2, 0.25) is 11.8 Å². The first-order valence-electron chi connectivity index (χ1n) is 18.5. The number of alkyl carbamates (subject to hydrolysis) is 1. The Labute approximate surface area is 322 Å². The molecule has 5 rings (SSSR count). The van der Waals surface area contributed by atoms with Crippen LogP contribution in [0.5, 0.6) is 5.75 Å². The van der Waals surface area contributed by atoms with Crippen LogP contribution < -0.4 is 26.0 Å². The number of carbonyl (C=O) groups is 3. The minimum atomic E-state index is -1.49. The second kappa shape index (κ2) is 19.4. The molecule has 6 atom stereocenters. The summed E-state index contributed by atoms with van der Waals surface area (Å²) in [5, 5.41) is 44.2. The molecule has 0 radical (unpaired) electrons. The number of hydrogen-bond donors (Lipinski definition) is 7. The Bertz CT molecular complexity index is 1840. The molecule has 12 nitrogen and oxygen atoms in total. The summed E-state index contributed by atoms with van der Waals surface area (Å²) in [7, 11) is 0. The fourth-order valence-corrected chi connectivity index (χ4v) is 6.64. The summed E-state index contributed by atoms with van der Waals surface area (Å²) in [5.41, 5.74) is 3.31. The smallest absolute Gasteiger partial charge is 0.408 e. The first-order valence-corrected chi connectivity index (χ1v) is 18.5. The van der Waals surface area contributed by atoms with E-state index in [1.54, 1.807) is 45.0 Å². The zero-order chi connectivity index (χ0) is 39.4. The lowest BCUT2D eigenvalue weighted by atomic mass is 9.85. The average Bonchev–Trinajstić information content (AvgIpc) is 3.49. The molecule has 0 aromatic heterocycles. The molecule has 2 unspecified atom stereocenters. The molecule has 12 heteroatoms. The summed E-state index contributed by atoms with van der Waals surface area (Å²) >= 11 is 0. The fraction of sp³-hybridized carbons (Fsp3) is 0.372. The van der Waals surface area contributed by atoms with Gasteiger partial charge in [-0.3, -0.25) is 14.9 Å². The minimum absolute atomic E-state index is 0.0154. The van der Waals surface area contributed by atoms with E-state index in [1.807, 2.05) is 84.9 Å². The van der Waals surface area contributed by atoms with Gasteiger partial charge in [-0.2, -0.15) is 0 Å². The molecule has 0 heterocycles. The number of amides is 3. The van der Waals surface area contributed by atoms with Gasteiger partial charge in [0.25, 0.3) is 0 Å². The molecule has 0 saturated heterocycles. The van der Waals surface area contributed by atoms with Gasteiger partial charge >= 0.3 is 6.09 Å². The largest absolute Gasteiger partial charge is 0.491 e. The van der Waals surface area contributed by atoms with Crippen LogP contribution in [0.25, 0.3) is 0 Å². The number of aliphatic hydroxyl groups is 3. The van der Waals surface area contributed by atoms with E-state index in [2.05, 4.69) is 21.3 Å².